The smallest absolute Gasteiger partial charge is 0.255 e. The van der Waals surface area contributed by atoms with Gasteiger partial charge in [-0.1, -0.05) is 0 Å². The van der Waals surface area contributed by atoms with Crippen LogP contribution in [0.5, 0.6) is 17.2 Å². The van der Waals surface area contributed by atoms with E-state index in [4.69, 9.17) is 24.7 Å². The second-order valence-corrected chi connectivity index (χ2v) is 6.55. The molecule has 2 amide bonds. The molecule has 0 bridgehead atoms. The van der Waals surface area contributed by atoms with Gasteiger partial charge in [-0.3, -0.25) is 9.59 Å². The summed E-state index contributed by atoms with van der Waals surface area (Å²) >= 11 is 0. The molecular weight excluding hydrogens is 352 g/mol. The molecule has 0 aromatic heterocycles. The highest BCUT2D eigenvalue weighted by Crippen LogP contribution is 2.38. The molecule has 0 spiro atoms. The zero-order valence-corrected chi connectivity index (χ0v) is 16.1. The summed E-state index contributed by atoms with van der Waals surface area (Å²) in [6, 6.07) is 3.09. The van der Waals surface area contributed by atoms with Gasteiger partial charge in [-0.25, -0.2) is 0 Å². The molecule has 150 valence electrons. The lowest BCUT2D eigenvalue weighted by molar-refractivity contribution is -0.120. The van der Waals surface area contributed by atoms with Crippen LogP contribution in [0.15, 0.2) is 12.1 Å². The average molecular weight is 380 g/mol. The quantitative estimate of drug-likeness (QED) is 0.639. The number of benzene rings is 1. The van der Waals surface area contributed by atoms with Crippen molar-refractivity contribution in [3.05, 3.63) is 17.7 Å². The molecule has 2 atom stereocenters. The Morgan fingerprint density at radius 2 is 1.96 bits per heavy atom. The summed E-state index contributed by atoms with van der Waals surface area (Å²) in [5, 5.41) is 2.97. The first-order valence-electron chi connectivity index (χ1n) is 9.04. The summed E-state index contributed by atoms with van der Waals surface area (Å²) < 4.78 is 21.5. The van der Waals surface area contributed by atoms with Gasteiger partial charge in [0.25, 0.3) is 11.8 Å². The SMILES string of the molecule is COc1cc(C(=O)NC(C)CCC2CCCO2)cc(OC)c1OCC(N)=O. The van der Waals surface area contributed by atoms with Crippen LogP contribution in [0.25, 0.3) is 0 Å². The maximum Gasteiger partial charge on any atom is 0.255 e. The summed E-state index contributed by atoms with van der Waals surface area (Å²) in [4.78, 5) is 23.6. The number of ether oxygens (including phenoxy) is 4. The number of carbonyl (C=O) groups excluding carboxylic acids is 2. The Labute approximate surface area is 159 Å². The third kappa shape index (κ3) is 6.02. The van der Waals surface area contributed by atoms with Gasteiger partial charge < -0.3 is 30.0 Å². The van der Waals surface area contributed by atoms with Crippen molar-refractivity contribution in [3.8, 4) is 17.2 Å². The van der Waals surface area contributed by atoms with Gasteiger partial charge in [0.2, 0.25) is 5.75 Å². The van der Waals surface area contributed by atoms with Crippen LogP contribution in [-0.2, 0) is 9.53 Å². The maximum atomic E-state index is 12.6. The topological polar surface area (TPSA) is 109 Å². The number of amides is 2. The van der Waals surface area contributed by atoms with Crippen molar-refractivity contribution < 1.29 is 28.5 Å². The van der Waals surface area contributed by atoms with E-state index >= 15 is 0 Å². The van der Waals surface area contributed by atoms with Crippen LogP contribution in [0.1, 0.15) is 43.0 Å². The van der Waals surface area contributed by atoms with E-state index in [0.29, 0.717) is 11.7 Å². The fourth-order valence-corrected chi connectivity index (χ4v) is 2.98. The van der Waals surface area contributed by atoms with Gasteiger partial charge in [0.05, 0.1) is 20.3 Å². The van der Waals surface area contributed by atoms with Gasteiger partial charge in [0, 0.05) is 18.2 Å². The zero-order valence-electron chi connectivity index (χ0n) is 16.1. The molecule has 0 radical (unpaired) electrons. The largest absolute Gasteiger partial charge is 0.493 e. The van der Waals surface area contributed by atoms with Gasteiger partial charge in [0.15, 0.2) is 18.1 Å². The highest BCUT2D eigenvalue weighted by Gasteiger charge is 2.20. The van der Waals surface area contributed by atoms with E-state index in [1.54, 1.807) is 12.1 Å². The van der Waals surface area contributed by atoms with Crippen molar-refractivity contribution in [2.24, 2.45) is 5.73 Å². The lowest BCUT2D eigenvalue weighted by Gasteiger charge is -2.18. The number of methoxy groups -OCH3 is 2. The number of carbonyl (C=O) groups is 2. The molecule has 2 unspecified atom stereocenters. The molecule has 1 heterocycles. The lowest BCUT2D eigenvalue weighted by Crippen LogP contribution is -2.33. The van der Waals surface area contributed by atoms with Crippen LogP contribution >= 0.6 is 0 Å². The average Bonchev–Trinajstić information content (AvgIpc) is 3.17. The molecule has 3 N–H and O–H groups in total. The number of nitrogens with two attached hydrogens (primary N) is 1. The lowest BCUT2D eigenvalue weighted by atomic mass is 10.1. The van der Waals surface area contributed by atoms with E-state index in [9.17, 15) is 9.59 Å². The van der Waals surface area contributed by atoms with Gasteiger partial charge in [-0.05, 0) is 44.7 Å². The molecule has 8 heteroatoms. The molecular formula is C19H28N2O6. The summed E-state index contributed by atoms with van der Waals surface area (Å²) in [7, 11) is 2.88. The number of rotatable bonds is 10. The van der Waals surface area contributed by atoms with Crippen molar-refractivity contribution in [1.82, 2.24) is 5.32 Å². The van der Waals surface area contributed by atoms with Crippen LogP contribution < -0.4 is 25.3 Å². The van der Waals surface area contributed by atoms with E-state index < -0.39 is 5.91 Å². The molecule has 1 fully saturated rings. The Kier molecular flexibility index (Phi) is 7.72. The van der Waals surface area contributed by atoms with Crippen LogP contribution in [0.2, 0.25) is 0 Å². The van der Waals surface area contributed by atoms with Gasteiger partial charge in [-0.2, -0.15) is 0 Å². The normalized spacial score (nSPS) is 17.2. The van der Waals surface area contributed by atoms with Gasteiger partial charge in [-0.15, -0.1) is 0 Å². The third-order valence-corrected chi connectivity index (χ3v) is 4.40. The standard InChI is InChI=1S/C19H28N2O6/c1-12(6-7-14-5-4-8-26-14)21-19(23)13-9-15(24-2)18(16(10-13)25-3)27-11-17(20)22/h9-10,12,14H,4-8,11H2,1-3H3,(H2,20,22)(H,21,23). The van der Waals surface area contributed by atoms with Crippen LogP contribution in [0.4, 0.5) is 0 Å². The Morgan fingerprint density at radius 1 is 1.30 bits per heavy atom. The monoisotopic (exact) mass is 380 g/mol. The van der Waals surface area contributed by atoms with E-state index in [1.807, 2.05) is 6.92 Å². The summed E-state index contributed by atoms with van der Waals surface area (Å²) in [6.07, 6.45) is 4.25. The number of nitrogens with one attached hydrogen (secondary N) is 1. The summed E-state index contributed by atoms with van der Waals surface area (Å²) in [6.45, 7) is 2.47. The van der Waals surface area contributed by atoms with Gasteiger partial charge in [0.1, 0.15) is 0 Å². The number of hydrogen-bond donors (Lipinski definition) is 2. The molecule has 8 nitrogen and oxygen atoms in total. The minimum Gasteiger partial charge on any atom is -0.493 e. The number of primary amides is 1. The maximum absolute atomic E-state index is 12.6. The van der Waals surface area contributed by atoms with Crippen LogP contribution in [-0.4, -0.2) is 51.4 Å². The molecule has 1 saturated heterocycles. The molecule has 0 saturated carbocycles. The van der Waals surface area contributed by atoms with Crippen molar-refractivity contribution in [1.29, 1.82) is 0 Å². The first kappa shape index (κ1) is 20.8. The molecule has 1 aromatic carbocycles. The number of hydrogen-bond acceptors (Lipinski definition) is 6. The summed E-state index contributed by atoms with van der Waals surface area (Å²) in [5.41, 5.74) is 5.49. The minimum atomic E-state index is -0.624. The molecule has 27 heavy (non-hydrogen) atoms. The first-order chi connectivity index (χ1) is 12.9. The fourth-order valence-electron chi connectivity index (χ4n) is 2.98. The van der Waals surface area contributed by atoms with E-state index in [0.717, 1.165) is 32.3 Å². The Bertz CT molecular complexity index is 633. The highest BCUT2D eigenvalue weighted by molar-refractivity contribution is 5.95. The second kappa shape index (κ2) is 10.0. The van der Waals surface area contributed by atoms with Crippen molar-refractivity contribution in [2.75, 3.05) is 27.4 Å². The minimum absolute atomic E-state index is 0.00415. The Hall–Kier alpha value is -2.48. The van der Waals surface area contributed by atoms with Crippen molar-refractivity contribution in [2.45, 2.75) is 44.8 Å². The van der Waals surface area contributed by atoms with E-state index in [1.165, 1.54) is 14.2 Å². The van der Waals surface area contributed by atoms with Crippen LogP contribution in [0.3, 0.4) is 0 Å². The van der Waals surface area contributed by atoms with E-state index in [-0.39, 0.29) is 35.8 Å². The van der Waals surface area contributed by atoms with Crippen molar-refractivity contribution >= 4 is 11.8 Å². The van der Waals surface area contributed by atoms with E-state index in [2.05, 4.69) is 5.32 Å². The zero-order chi connectivity index (χ0) is 19.8. The predicted molar refractivity (Wildman–Crippen MR) is 99.4 cm³/mol. The second-order valence-electron chi connectivity index (χ2n) is 6.55. The predicted octanol–water partition coefficient (Wildman–Crippen LogP) is 1.65. The van der Waals surface area contributed by atoms with Gasteiger partial charge >= 0.3 is 0 Å². The summed E-state index contributed by atoms with van der Waals surface area (Å²) in [5.74, 6) is -0.0730. The first-order valence-corrected chi connectivity index (χ1v) is 9.04. The third-order valence-electron chi connectivity index (χ3n) is 4.40. The molecule has 1 aromatic rings. The Balaban J connectivity index is 2.04. The molecule has 1 aliphatic rings. The van der Waals surface area contributed by atoms with Crippen LogP contribution in [0, 0.1) is 0 Å². The van der Waals surface area contributed by atoms with Crippen molar-refractivity contribution in [3.63, 3.8) is 0 Å². The molecule has 0 aliphatic carbocycles. The fraction of sp³-hybridized carbons (Fsp3) is 0.579. The Morgan fingerprint density at radius 3 is 2.48 bits per heavy atom. The molecule has 2 rings (SSSR count). The molecule has 1 aliphatic heterocycles. The highest BCUT2D eigenvalue weighted by atomic mass is 16.5.